The minimum Gasteiger partial charge on any atom is -0.366 e. The van der Waals surface area contributed by atoms with Crippen LogP contribution in [0.3, 0.4) is 0 Å². The molecule has 8 nitrogen and oxygen atoms in total. The molecule has 30 heavy (non-hydrogen) atoms. The van der Waals surface area contributed by atoms with Crippen LogP contribution < -0.4 is 20.4 Å². The van der Waals surface area contributed by atoms with Crippen LogP contribution in [0.25, 0.3) is 0 Å². The first-order valence-corrected chi connectivity index (χ1v) is 9.59. The summed E-state index contributed by atoms with van der Waals surface area (Å²) in [7, 11) is 7.83. The fraction of sp³-hybridized carbons (Fsp3) is 0.273. The average Bonchev–Trinajstić information content (AvgIpc) is 2.76. The van der Waals surface area contributed by atoms with E-state index in [1.807, 2.05) is 68.3 Å². The first-order valence-electron chi connectivity index (χ1n) is 9.59. The van der Waals surface area contributed by atoms with Crippen LogP contribution in [0.15, 0.2) is 48.8 Å². The highest BCUT2D eigenvalue weighted by Crippen LogP contribution is 2.19. The van der Waals surface area contributed by atoms with E-state index in [2.05, 4.69) is 31.7 Å². The second kappa shape index (κ2) is 9.56. The Morgan fingerprint density at radius 2 is 1.40 bits per heavy atom. The van der Waals surface area contributed by atoms with E-state index in [-0.39, 0.29) is 0 Å². The molecule has 0 saturated heterocycles. The van der Waals surface area contributed by atoms with Crippen LogP contribution in [-0.4, -0.2) is 43.1 Å². The summed E-state index contributed by atoms with van der Waals surface area (Å²) in [6.45, 7) is 1.16. The van der Waals surface area contributed by atoms with E-state index in [1.165, 1.54) is 0 Å². The van der Waals surface area contributed by atoms with Gasteiger partial charge in [-0.1, -0.05) is 0 Å². The van der Waals surface area contributed by atoms with Crippen LogP contribution in [0.2, 0.25) is 0 Å². The quantitative estimate of drug-likeness (QED) is 0.594. The Morgan fingerprint density at radius 3 is 1.93 bits per heavy atom. The van der Waals surface area contributed by atoms with E-state index in [1.54, 1.807) is 18.5 Å². The van der Waals surface area contributed by atoms with E-state index >= 15 is 0 Å². The summed E-state index contributed by atoms with van der Waals surface area (Å²) in [4.78, 5) is 17.2. The number of aromatic nitrogens is 3. The van der Waals surface area contributed by atoms with Gasteiger partial charge in [-0.25, -0.2) is 15.0 Å². The van der Waals surface area contributed by atoms with Crippen molar-refractivity contribution < 1.29 is 0 Å². The van der Waals surface area contributed by atoms with E-state index in [9.17, 15) is 5.26 Å². The highest BCUT2D eigenvalue weighted by atomic mass is 15.1. The van der Waals surface area contributed by atoms with Crippen molar-refractivity contribution in [2.24, 2.45) is 0 Å². The number of pyridine rings is 3. The summed E-state index contributed by atoms with van der Waals surface area (Å²) in [5, 5.41) is 16.0. The summed E-state index contributed by atoms with van der Waals surface area (Å²) in [6, 6.07) is 13.7. The Morgan fingerprint density at radius 1 is 0.833 bits per heavy atom. The third-order valence-corrected chi connectivity index (χ3v) is 4.49. The maximum atomic E-state index is 9.44. The zero-order chi connectivity index (χ0) is 21.5. The van der Waals surface area contributed by atoms with Crippen LogP contribution in [0.1, 0.15) is 16.7 Å². The van der Waals surface area contributed by atoms with E-state index in [0.29, 0.717) is 30.3 Å². The molecule has 3 heterocycles. The highest BCUT2D eigenvalue weighted by molar-refractivity contribution is 5.57. The van der Waals surface area contributed by atoms with Gasteiger partial charge in [-0.2, -0.15) is 5.26 Å². The van der Waals surface area contributed by atoms with E-state index in [0.717, 1.165) is 22.8 Å². The average molecular weight is 403 g/mol. The Kier molecular flexibility index (Phi) is 6.65. The van der Waals surface area contributed by atoms with Gasteiger partial charge in [0, 0.05) is 53.7 Å². The Balaban J connectivity index is 1.70. The number of anilines is 4. The van der Waals surface area contributed by atoms with Crippen molar-refractivity contribution in [2.75, 3.05) is 48.6 Å². The van der Waals surface area contributed by atoms with Crippen LogP contribution in [0.5, 0.6) is 0 Å². The predicted octanol–water partition coefficient (Wildman–Crippen LogP) is 3.10. The molecule has 0 radical (unpaired) electrons. The highest BCUT2D eigenvalue weighted by Gasteiger charge is 2.07. The summed E-state index contributed by atoms with van der Waals surface area (Å²) in [5.74, 6) is 3.03. The molecule has 154 valence electrons. The lowest BCUT2D eigenvalue weighted by molar-refractivity contribution is 1.03. The molecule has 0 aliphatic carbocycles. The standard InChI is InChI=1S/C22H26N8/c1-29(2)20-11-16(7-9-24-20)14-26-19-6-5-18(13-23)22(28-19)27-15-17-8-10-25-21(12-17)30(3)4/h5-12H,14-15H2,1-4H3,(H2,26,27,28). The summed E-state index contributed by atoms with van der Waals surface area (Å²) in [5.41, 5.74) is 2.66. The monoisotopic (exact) mass is 402 g/mol. The molecule has 8 heteroatoms. The summed E-state index contributed by atoms with van der Waals surface area (Å²) < 4.78 is 0. The fourth-order valence-corrected chi connectivity index (χ4v) is 2.79. The van der Waals surface area contributed by atoms with E-state index < -0.39 is 0 Å². The van der Waals surface area contributed by atoms with Gasteiger partial charge in [0.15, 0.2) is 0 Å². The van der Waals surface area contributed by atoms with Crippen molar-refractivity contribution in [2.45, 2.75) is 13.1 Å². The van der Waals surface area contributed by atoms with Crippen molar-refractivity contribution in [1.29, 1.82) is 5.26 Å². The van der Waals surface area contributed by atoms with Crippen LogP contribution in [-0.2, 0) is 13.1 Å². The first kappa shape index (κ1) is 20.9. The van der Waals surface area contributed by atoms with Gasteiger partial charge in [0.2, 0.25) is 0 Å². The van der Waals surface area contributed by atoms with E-state index in [4.69, 9.17) is 0 Å². The smallest absolute Gasteiger partial charge is 0.146 e. The Labute approximate surface area is 177 Å². The number of hydrogen-bond donors (Lipinski definition) is 2. The zero-order valence-corrected chi connectivity index (χ0v) is 17.7. The largest absolute Gasteiger partial charge is 0.366 e. The maximum Gasteiger partial charge on any atom is 0.146 e. The van der Waals surface area contributed by atoms with Crippen LogP contribution >= 0.6 is 0 Å². The lowest BCUT2D eigenvalue weighted by Crippen LogP contribution is -2.12. The molecule has 3 aromatic rings. The Hall–Kier alpha value is -3.86. The molecule has 0 aliphatic rings. The summed E-state index contributed by atoms with van der Waals surface area (Å²) in [6.07, 6.45) is 3.57. The molecule has 2 N–H and O–H groups in total. The molecule has 0 saturated carbocycles. The molecule has 0 atom stereocenters. The third-order valence-electron chi connectivity index (χ3n) is 4.49. The molecular weight excluding hydrogens is 376 g/mol. The number of rotatable bonds is 8. The topological polar surface area (TPSA) is 93.0 Å². The molecule has 0 amide bonds. The minimum atomic E-state index is 0.501. The van der Waals surface area contributed by atoms with Gasteiger partial charge in [-0.3, -0.25) is 0 Å². The fourth-order valence-electron chi connectivity index (χ4n) is 2.79. The summed E-state index contributed by atoms with van der Waals surface area (Å²) >= 11 is 0. The van der Waals surface area contributed by atoms with Crippen LogP contribution in [0, 0.1) is 11.3 Å². The van der Waals surface area contributed by atoms with Gasteiger partial charge in [0.05, 0.1) is 5.56 Å². The predicted molar refractivity (Wildman–Crippen MR) is 121 cm³/mol. The molecule has 0 bridgehead atoms. The van der Waals surface area contributed by atoms with Crippen molar-refractivity contribution in [3.05, 3.63) is 65.5 Å². The molecule has 0 spiro atoms. The van der Waals surface area contributed by atoms with Crippen LogP contribution in [0.4, 0.5) is 23.3 Å². The number of nitriles is 1. The zero-order valence-electron chi connectivity index (χ0n) is 17.7. The van der Waals surface area contributed by atoms with Gasteiger partial charge in [-0.05, 0) is 47.5 Å². The SMILES string of the molecule is CN(C)c1cc(CNc2ccc(C#N)c(NCc3ccnc(N(C)C)c3)n2)ccn1. The molecule has 0 fully saturated rings. The Bertz CT molecular complexity index is 1040. The second-order valence-electron chi connectivity index (χ2n) is 7.25. The number of nitrogens with zero attached hydrogens (tertiary/aromatic N) is 6. The van der Waals surface area contributed by atoms with Gasteiger partial charge < -0.3 is 20.4 Å². The molecule has 3 rings (SSSR count). The molecule has 0 aliphatic heterocycles. The van der Waals surface area contributed by atoms with Gasteiger partial charge in [0.1, 0.15) is 29.3 Å². The van der Waals surface area contributed by atoms with Gasteiger partial charge >= 0.3 is 0 Å². The van der Waals surface area contributed by atoms with Crippen molar-refractivity contribution >= 4 is 23.3 Å². The molecular formula is C22H26N8. The first-order chi connectivity index (χ1) is 14.5. The lowest BCUT2D eigenvalue weighted by atomic mass is 10.2. The molecule has 3 aromatic heterocycles. The molecule has 0 aromatic carbocycles. The van der Waals surface area contributed by atoms with Crippen molar-refractivity contribution in [3.8, 4) is 6.07 Å². The van der Waals surface area contributed by atoms with Crippen molar-refractivity contribution in [3.63, 3.8) is 0 Å². The maximum absolute atomic E-state index is 9.44. The second-order valence-corrected chi connectivity index (χ2v) is 7.25. The normalized spacial score (nSPS) is 10.2. The van der Waals surface area contributed by atoms with Crippen molar-refractivity contribution in [1.82, 2.24) is 15.0 Å². The minimum absolute atomic E-state index is 0.501. The number of hydrogen-bond acceptors (Lipinski definition) is 8. The molecule has 0 unspecified atom stereocenters. The third kappa shape index (κ3) is 5.35. The lowest BCUT2D eigenvalue weighted by Gasteiger charge is -2.14. The van der Waals surface area contributed by atoms with Gasteiger partial charge in [0.25, 0.3) is 0 Å². The van der Waals surface area contributed by atoms with Gasteiger partial charge in [-0.15, -0.1) is 0 Å². The number of nitrogens with one attached hydrogen (secondary N) is 2.